The summed E-state index contributed by atoms with van der Waals surface area (Å²) in [6.45, 7) is 0.582. The highest BCUT2D eigenvalue weighted by atomic mass is 16.5. The van der Waals surface area contributed by atoms with Gasteiger partial charge in [-0.05, 0) is 41.1 Å². The zero-order valence-electron chi connectivity index (χ0n) is 15.8. The van der Waals surface area contributed by atoms with E-state index >= 15 is 0 Å². The van der Waals surface area contributed by atoms with Gasteiger partial charge in [-0.25, -0.2) is 4.79 Å². The largest absolute Gasteiger partial charge is 0.502 e. The van der Waals surface area contributed by atoms with E-state index in [1.165, 1.54) is 4.90 Å². The van der Waals surface area contributed by atoms with Crippen LogP contribution in [-0.4, -0.2) is 60.4 Å². The Hall–Kier alpha value is -3.75. The summed E-state index contributed by atoms with van der Waals surface area (Å²) in [7, 11) is 1.59. The second kappa shape index (κ2) is 7.70. The lowest BCUT2D eigenvalue weighted by Crippen LogP contribution is -2.52. The summed E-state index contributed by atoms with van der Waals surface area (Å²) in [6.07, 6.45) is -0.668. The van der Waals surface area contributed by atoms with Gasteiger partial charge >= 0.3 is 11.8 Å². The molecule has 0 saturated carbocycles. The first kappa shape index (κ1) is 18.6. The molecular formula is C20H20N5O4+. The Morgan fingerprint density at radius 3 is 2.48 bits per heavy atom. The number of rotatable bonds is 5. The van der Waals surface area contributed by atoms with Crippen LogP contribution in [0.4, 0.5) is 11.4 Å². The van der Waals surface area contributed by atoms with Gasteiger partial charge in [-0.2, -0.15) is 0 Å². The molecule has 2 aliphatic heterocycles. The molecule has 0 radical (unpaired) electrons. The molecule has 2 aromatic rings. The first-order valence-electron chi connectivity index (χ1n) is 9.15. The SMILES string of the molecule is COc1ccc(N2CCN3C(=O)C(=O)[N+](CC(=O)Nc4ccccc4)=NC32)cc1. The van der Waals surface area contributed by atoms with Gasteiger partial charge in [0.25, 0.3) is 18.7 Å². The van der Waals surface area contributed by atoms with Crippen molar-refractivity contribution in [3.05, 3.63) is 54.6 Å². The number of methoxy groups -OCH3 is 1. The molecule has 0 bridgehead atoms. The van der Waals surface area contributed by atoms with Gasteiger partial charge < -0.3 is 15.0 Å². The fourth-order valence-electron chi connectivity index (χ4n) is 3.36. The first-order valence-corrected chi connectivity index (χ1v) is 9.15. The fourth-order valence-corrected chi connectivity index (χ4v) is 3.36. The lowest BCUT2D eigenvalue weighted by atomic mass is 10.3. The Morgan fingerprint density at radius 1 is 1.10 bits per heavy atom. The molecule has 1 atom stereocenters. The van der Waals surface area contributed by atoms with Crippen molar-refractivity contribution in [2.45, 2.75) is 6.29 Å². The summed E-state index contributed by atoms with van der Waals surface area (Å²) >= 11 is 0. The summed E-state index contributed by atoms with van der Waals surface area (Å²) in [4.78, 5) is 40.6. The van der Waals surface area contributed by atoms with Gasteiger partial charge in [0.15, 0.2) is 0 Å². The van der Waals surface area contributed by atoms with E-state index in [0.29, 0.717) is 18.8 Å². The Balaban J connectivity index is 1.55. The molecule has 1 unspecified atom stereocenters. The van der Waals surface area contributed by atoms with E-state index < -0.39 is 24.0 Å². The molecule has 2 aliphatic rings. The minimum atomic E-state index is -0.805. The van der Waals surface area contributed by atoms with Crippen LogP contribution >= 0.6 is 0 Å². The third-order valence-corrected chi connectivity index (χ3v) is 4.82. The topological polar surface area (TPSA) is 94.3 Å². The number of para-hydroxylation sites is 1. The molecular weight excluding hydrogens is 374 g/mol. The predicted octanol–water partition coefficient (Wildman–Crippen LogP) is 1.27. The van der Waals surface area contributed by atoms with E-state index in [1.54, 1.807) is 31.4 Å². The standard InChI is InChI=1S/C20H19N5O4/c1-29-16-9-7-15(8-10-16)23-11-12-24-18(27)19(28)25(22-20(23)24)13-17(26)21-14-5-3-2-4-6-14/h2-10,20H,11-13H2,1H3/p+1. The number of carbonyl (C=O) groups is 3. The molecule has 0 aliphatic carbocycles. The number of hydrogen-bond acceptors (Lipinski definition) is 6. The zero-order chi connectivity index (χ0) is 20.4. The molecule has 4 rings (SSSR count). The number of amides is 3. The van der Waals surface area contributed by atoms with E-state index in [-0.39, 0.29) is 6.54 Å². The lowest BCUT2D eigenvalue weighted by molar-refractivity contribution is -0.509. The normalized spacial score (nSPS) is 18.4. The van der Waals surface area contributed by atoms with Crippen LogP contribution in [0, 0.1) is 0 Å². The zero-order valence-corrected chi connectivity index (χ0v) is 15.8. The minimum absolute atomic E-state index is 0.333. The van der Waals surface area contributed by atoms with Gasteiger partial charge in [-0.15, -0.1) is 0 Å². The van der Waals surface area contributed by atoms with Crippen molar-refractivity contribution in [3.63, 3.8) is 0 Å². The van der Waals surface area contributed by atoms with Crippen molar-refractivity contribution in [2.75, 3.05) is 37.0 Å². The van der Waals surface area contributed by atoms with E-state index in [4.69, 9.17) is 4.74 Å². The number of carbonyl (C=O) groups excluding carboxylic acids is 3. The van der Waals surface area contributed by atoms with Gasteiger partial charge in [0.2, 0.25) is 0 Å². The van der Waals surface area contributed by atoms with Crippen LogP contribution in [0.15, 0.2) is 59.7 Å². The number of nitrogens with zero attached hydrogens (tertiary/aromatic N) is 4. The van der Waals surface area contributed by atoms with Crippen molar-refractivity contribution in [1.82, 2.24) is 4.90 Å². The monoisotopic (exact) mass is 394 g/mol. The van der Waals surface area contributed by atoms with E-state index in [0.717, 1.165) is 16.1 Å². The van der Waals surface area contributed by atoms with Gasteiger partial charge in [0.05, 0.1) is 7.11 Å². The maximum absolute atomic E-state index is 12.5. The number of ether oxygens (including phenoxy) is 1. The molecule has 2 heterocycles. The number of fused-ring (bicyclic) bond motifs is 1. The summed E-state index contributed by atoms with van der Waals surface area (Å²) in [5.74, 6) is -1.17. The maximum Gasteiger partial charge on any atom is 0.502 e. The average Bonchev–Trinajstić information content (AvgIpc) is 3.16. The highest BCUT2D eigenvalue weighted by molar-refractivity contribution is 6.32. The molecule has 1 fully saturated rings. The maximum atomic E-state index is 12.5. The molecule has 9 nitrogen and oxygen atoms in total. The molecule has 1 saturated heterocycles. The van der Waals surface area contributed by atoms with Crippen LogP contribution in [0.2, 0.25) is 0 Å². The minimum Gasteiger partial charge on any atom is -0.497 e. The van der Waals surface area contributed by atoms with Crippen LogP contribution in [0.3, 0.4) is 0 Å². The highest BCUT2D eigenvalue weighted by Crippen LogP contribution is 2.28. The Kier molecular flexibility index (Phi) is 4.94. The summed E-state index contributed by atoms with van der Waals surface area (Å²) in [5, 5.41) is 7.07. The third kappa shape index (κ3) is 3.66. The molecule has 148 valence electrons. The molecule has 9 heteroatoms. The average molecular weight is 394 g/mol. The van der Waals surface area contributed by atoms with Gasteiger partial charge in [0, 0.05) is 29.6 Å². The molecule has 0 spiro atoms. The molecule has 3 amide bonds. The first-order chi connectivity index (χ1) is 14.1. The van der Waals surface area contributed by atoms with E-state index in [9.17, 15) is 14.4 Å². The van der Waals surface area contributed by atoms with Crippen molar-refractivity contribution in [2.24, 2.45) is 5.11 Å². The molecule has 29 heavy (non-hydrogen) atoms. The van der Waals surface area contributed by atoms with Crippen molar-refractivity contribution in [3.8, 4) is 5.75 Å². The van der Waals surface area contributed by atoms with Crippen molar-refractivity contribution >= 4 is 29.1 Å². The highest BCUT2D eigenvalue weighted by Gasteiger charge is 2.49. The quantitative estimate of drug-likeness (QED) is 0.609. The van der Waals surface area contributed by atoms with E-state index in [1.807, 2.05) is 35.2 Å². The van der Waals surface area contributed by atoms with Crippen LogP contribution in [0.25, 0.3) is 0 Å². The Labute approximate surface area is 167 Å². The number of benzene rings is 2. The molecule has 0 aromatic heterocycles. The van der Waals surface area contributed by atoms with Crippen LogP contribution in [-0.2, 0) is 14.4 Å². The fraction of sp³-hybridized carbons (Fsp3) is 0.250. The molecule has 2 aromatic carbocycles. The number of azo groups is 2. The van der Waals surface area contributed by atoms with Crippen molar-refractivity contribution in [1.29, 1.82) is 0 Å². The van der Waals surface area contributed by atoms with Crippen molar-refractivity contribution < 1.29 is 23.8 Å². The number of hydrogen-bond donors (Lipinski definition) is 1. The van der Waals surface area contributed by atoms with Gasteiger partial charge in [-0.1, -0.05) is 18.2 Å². The summed E-state index contributed by atoms with van der Waals surface area (Å²) in [5.41, 5.74) is 1.45. The van der Waals surface area contributed by atoms with Crippen LogP contribution in [0.1, 0.15) is 0 Å². The van der Waals surface area contributed by atoms with Gasteiger partial charge in [0.1, 0.15) is 5.75 Å². The lowest BCUT2D eigenvalue weighted by Gasteiger charge is -2.27. The number of anilines is 2. The van der Waals surface area contributed by atoms with E-state index in [2.05, 4.69) is 10.4 Å². The molecule has 1 N–H and O–H groups in total. The smallest absolute Gasteiger partial charge is 0.497 e. The third-order valence-electron chi connectivity index (χ3n) is 4.82. The Morgan fingerprint density at radius 2 is 1.79 bits per heavy atom. The van der Waals surface area contributed by atoms with Crippen LogP contribution < -0.4 is 15.0 Å². The Bertz CT molecular complexity index is 974. The van der Waals surface area contributed by atoms with Crippen LogP contribution in [0.5, 0.6) is 5.75 Å². The second-order valence-corrected chi connectivity index (χ2v) is 6.63. The number of nitrogens with one attached hydrogen (secondary N) is 1. The predicted molar refractivity (Wildman–Crippen MR) is 103 cm³/mol. The van der Waals surface area contributed by atoms with Gasteiger partial charge in [-0.3, -0.25) is 14.5 Å². The second-order valence-electron chi connectivity index (χ2n) is 6.63. The summed E-state index contributed by atoms with van der Waals surface area (Å²) < 4.78 is 6.12. The summed E-state index contributed by atoms with van der Waals surface area (Å²) in [6, 6.07) is 16.3.